The SMILES string of the molecule is CCCC(C)(C)NC(=O)N1CC(OC)CC1C(=O)O. The van der Waals surface area contributed by atoms with Gasteiger partial charge in [-0.1, -0.05) is 13.3 Å². The molecule has 2 N–H and O–H groups in total. The molecular formula is C13H24N2O4. The van der Waals surface area contributed by atoms with Crippen molar-refractivity contribution in [2.45, 2.75) is 57.7 Å². The van der Waals surface area contributed by atoms with Crippen LogP contribution in [-0.2, 0) is 9.53 Å². The number of carbonyl (C=O) groups is 2. The number of carboxylic acids is 1. The molecule has 0 saturated carbocycles. The van der Waals surface area contributed by atoms with Gasteiger partial charge in [0.2, 0.25) is 0 Å². The summed E-state index contributed by atoms with van der Waals surface area (Å²) in [4.78, 5) is 24.8. The number of rotatable bonds is 5. The molecule has 0 aromatic rings. The number of carboxylic acid groups (broad SMARTS) is 1. The molecule has 2 unspecified atom stereocenters. The molecule has 1 heterocycles. The Morgan fingerprint density at radius 1 is 1.47 bits per heavy atom. The average Bonchev–Trinajstić information content (AvgIpc) is 2.72. The van der Waals surface area contributed by atoms with E-state index in [0.717, 1.165) is 12.8 Å². The Hall–Kier alpha value is -1.30. The zero-order chi connectivity index (χ0) is 14.6. The van der Waals surface area contributed by atoms with E-state index >= 15 is 0 Å². The summed E-state index contributed by atoms with van der Waals surface area (Å²) in [7, 11) is 1.53. The minimum Gasteiger partial charge on any atom is -0.480 e. The van der Waals surface area contributed by atoms with Crippen molar-refractivity contribution in [3.63, 3.8) is 0 Å². The van der Waals surface area contributed by atoms with Gasteiger partial charge >= 0.3 is 12.0 Å². The summed E-state index contributed by atoms with van der Waals surface area (Å²) in [5.41, 5.74) is -0.333. The van der Waals surface area contributed by atoms with Gasteiger partial charge in [-0.3, -0.25) is 0 Å². The number of hydrogen-bond donors (Lipinski definition) is 2. The lowest BCUT2D eigenvalue weighted by molar-refractivity contribution is -0.141. The van der Waals surface area contributed by atoms with Crippen LogP contribution in [0.4, 0.5) is 4.79 Å². The van der Waals surface area contributed by atoms with E-state index in [1.165, 1.54) is 12.0 Å². The fourth-order valence-corrected chi connectivity index (χ4v) is 2.48. The molecule has 2 atom stereocenters. The van der Waals surface area contributed by atoms with Crippen molar-refractivity contribution in [3.8, 4) is 0 Å². The summed E-state index contributed by atoms with van der Waals surface area (Å²) >= 11 is 0. The van der Waals surface area contributed by atoms with Gasteiger partial charge in [-0.2, -0.15) is 0 Å². The highest BCUT2D eigenvalue weighted by Crippen LogP contribution is 2.21. The zero-order valence-electron chi connectivity index (χ0n) is 12.1. The average molecular weight is 272 g/mol. The second-order valence-corrected chi connectivity index (χ2v) is 5.66. The van der Waals surface area contributed by atoms with E-state index in [0.29, 0.717) is 13.0 Å². The highest BCUT2D eigenvalue weighted by Gasteiger charge is 2.40. The number of nitrogens with zero attached hydrogens (tertiary/aromatic N) is 1. The molecule has 6 nitrogen and oxygen atoms in total. The first-order valence-corrected chi connectivity index (χ1v) is 6.65. The van der Waals surface area contributed by atoms with Gasteiger partial charge in [-0.25, -0.2) is 9.59 Å². The Morgan fingerprint density at radius 3 is 2.58 bits per heavy atom. The van der Waals surface area contributed by atoms with E-state index in [2.05, 4.69) is 5.32 Å². The van der Waals surface area contributed by atoms with Crippen molar-refractivity contribution in [3.05, 3.63) is 0 Å². The van der Waals surface area contributed by atoms with Crippen molar-refractivity contribution in [2.24, 2.45) is 0 Å². The number of nitrogens with one attached hydrogen (secondary N) is 1. The summed E-state index contributed by atoms with van der Waals surface area (Å²) in [6.45, 7) is 6.24. The molecule has 1 aliphatic heterocycles. The number of hydrogen-bond acceptors (Lipinski definition) is 3. The maximum Gasteiger partial charge on any atom is 0.326 e. The molecule has 0 spiro atoms. The van der Waals surface area contributed by atoms with Crippen LogP contribution < -0.4 is 5.32 Å². The second kappa shape index (κ2) is 6.23. The largest absolute Gasteiger partial charge is 0.480 e. The number of ether oxygens (including phenoxy) is 1. The van der Waals surface area contributed by atoms with Crippen LogP contribution in [0.25, 0.3) is 0 Å². The number of carbonyl (C=O) groups excluding carboxylic acids is 1. The van der Waals surface area contributed by atoms with Crippen molar-refractivity contribution >= 4 is 12.0 Å². The number of urea groups is 1. The van der Waals surface area contributed by atoms with Crippen molar-refractivity contribution < 1.29 is 19.4 Å². The highest BCUT2D eigenvalue weighted by molar-refractivity contribution is 5.83. The first kappa shape index (κ1) is 15.8. The van der Waals surface area contributed by atoms with Gasteiger partial charge in [0.25, 0.3) is 0 Å². The van der Waals surface area contributed by atoms with E-state index in [-0.39, 0.29) is 17.7 Å². The monoisotopic (exact) mass is 272 g/mol. The topological polar surface area (TPSA) is 78.9 Å². The fourth-order valence-electron chi connectivity index (χ4n) is 2.48. The zero-order valence-corrected chi connectivity index (χ0v) is 12.1. The van der Waals surface area contributed by atoms with Gasteiger partial charge in [0.1, 0.15) is 6.04 Å². The third kappa shape index (κ3) is 4.09. The van der Waals surface area contributed by atoms with Crippen molar-refractivity contribution in [2.75, 3.05) is 13.7 Å². The molecule has 0 aromatic heterocycles. The van der Waals surface area contributed by atoms with Crippen LogP contribution in [0, 0.1) is 0 Å². The van der Waals surface area contributed by atoms with Crippen LogP contribution in [0.15, 0.2) is 0 Å². The van der Waals surface area contributed by atoms with Gasteiger partial charge in [0.15, 0.2) is 0 Å². The van der Waals surface area contributed by atoms with Crippen LogP contribution in [0.3, 0.4) is 0 Å². The predicted molar refractivity (Wildman–Crippen MR) is 71.1 cm³/mol. The summed E-state index contributed by atoms with van der Waals surface area (Å²) in [5, 5.41) is 12.1. The predicted octanol–water partition coefficient (Wildman–Crippen LogP) is 1.45. The first-order valence-electron chi connectivity index (χ1n) is 6.65. The standard InChI is InChI=1S/C13H24N2O4/c1-5-6-13(2,3)14-12(18)15-8-9(19-4)7-10(15)11(16)17/h9-10H,5-8H2,1-4H3,(H,14,18)(H,16,17). The maximum absolute atomic E-state index is 12.2. The molecule has 0 aromatic carbocycles. The van der Waals surface area contributed by atoms with Gasteiger partial charge in [0, 0.05) is 25.6 Å². The highest BCUT2D eigenvalue weighted by atomic mass is 16.5. The molecule has 1 saturated heterocycles. The lowest BCUT2D eigenvalue weighted by atomic mass is 9.99. The Labute approximate surface area is 114 Å². The van der Waals surface area contributed by atoms with Crippen LogP contribution in [0.5, 0.6) is 0 Å². The van der Waals surface area contributed by atoms with E-state index in [9.17, 15) is 14.7 Å². The Kier molecular flexibility index (Phi) is 5.17. The third-order valence-electron chi connectivity index (χ3n) is 3.46. The number of methoxy groups -OCH3 is 1. The van der Waals surface area contributed by atoms with Gasteiger partial charge in [-0.05, 0) is 20.3 Å². The van der Waals surface area contributed by atoms with Crippen molar-refractivity contribution in [1.29, 1.82) is 0 Å². The van der Waals surface area contributed by atoms with Crippen molar-refractivity contribution in [1.82, 2.24) is 10.2 Å². The molecule has 19 heavy (non-hydrogen) atoms. The van der Waals surface area contributed by atoms with Crippen LogP contribution in [0.2, 0.25) is 0 Å². The first-order chi connectivity index (χ1) is 8.80. The van der Waals surface area contributed by atoms with Gasteiger partial charge in [0.05, 0.1) is 6.10 Å². The van der Waals surface area contributed by atoms with Crippen LogP contribution in [-0.4, -0.2) is 53.3 Å². The lowest BCUT2D eigenvalue weighted by Crippen LogP contribution is -2.53. The smallest absolute Gasteiger partial charge is 0.326 e. The Balaban J connectivity index is 2.71. The lowest BCUT2D eigenvalue weighted by Gasteiger charge is -2.30. The summed E-state index contributed by atoms with van der Waals surface area (Å²) in [6, 6.07) is -1.13. The summed E-state index contributed by atoms with van der Waals surface area (Å²) in [5.74, 6) is -0.983. The van der Waals surface area contributed by atoms with Crippen LogP contribution >= 0.6 is 0 Å². The second-order valence-electron chi connectivity index (χ2n) is 5.66. The normalized spacial score (nSPS) is 23.5. The third-order valence-corrected chi connectivity index (χ3v) is 3.46. The molecule has 1 aliphatic rings. The van der Waals surface area contributed by atoms with E-state index in [1.54, 1.807) is 0 Å². The van der Waals surface area contributed by atoms with E-state index < -0.39 is 12.0 Å². The minimum atomic E-state index is -0.983. The molecule has 110 valence electrons. The molecule has 0 bridgehead atoms. The number of amides is 2. The molecule has 1 fully saturated rings. The quantitative estimate of drug-likeness (QED) is 0.794. The molecule has 0 aliphatic carbocycles. The number of aliphatic carboxylic acids is 1. The molecule has 2 amide bonds. The molecule has 1 rings (SSSR count). The molecule has 6 heteroatoms. The summed E-state index contributed by atoms with van der Waals surface area (Å²) in [6.07, 6.45) is 1.93. The van der Waals surface area contributed by atoms with Gasteiger partial charge in [-0.15, -0.1) is 0 Å². The maximum atomic E-state index is 12.2. The number of likely N-dealkylation sites (tertiary alicyclic amines) is 1. The summed E-state index contributed by atoms with van der Waals surface area (Å²) < 4.78 is 5.16. The fraction of sp³-hybridized carbons (Fsp3) is 0.846. The Morgan fingerprint density at radius 2 is 2.11 bits per heavy atom. The van der Waals surface area contributed by atoms with Crippen LogP contribution in [0.1, 0.15) is 40.0 Å². The minimum absolute atomic E-state index is 0.207. The Bertz CT molecular complexity index is 344. The molecular weight excluding hydrogens is 248 g/mol. The van der Waals surface area contributed by atoms with E-state index in [1.807, 2.05) is 20.8 Å². The van der Waals surface area contributed by atoms with E-state index in [4.69, 9.17) is 4.74 Å². The van der Waals surface area contributed by atoms with Gasteiger partial charge < -0.3 is 20.1 Å². The molecule has 0 radical (unpaired) electrons.